The SMILES string of the molecule is CNC1CCN(C(=O)c2ccc(N(C)c3ncc4c(n3)N(C)c3ccccc3C(=O)N4C)c(OC)c2)CC1. The molecule has 0 unspecified atom stereocenters. The number of methoxy groups -OCH3 is 1. The van der Waals surface area contributed by atoms with Crippen molar-refractivity contribution in [1.29, 1.82) is 0 Å². The summed E-state index contributed by atoms with van der Waals surface area (Å²) in [5, 5.41) is 3.29. The molecule has 5 rings (SSSR count). The van der Waals surface area contributed by atoms with Gasteiger partial charge in [0.05, 0.1) is 30.2 Å². The number of anilines is 5. The predicted molar refractivity (Wildman–Crippen MR) is 148 cm³/mol. The molecule has 1 saturated heterocycles. The fraction of sp³-hybridized carbons (Fsp3) is 0.357. The third kappa shape index (κ3) is 4.41. The highest BCUT2D eigenvalue weighted by molar-refractivity contribution is 6.13. The zero-order valence-corrected chi connectivity index (χ0v) is 22.4. The second kappa shape index (κ2) is 10.3. The molecular weight excluding hydrogens is 482 g/mol. The molecule has 0 bridgehead atoms. The van der Waals surface area contributed by atoms with E-state index in [4.69, 9.17) is 9.72 Å². The Morgan fingerprint density at radius 3 is 2.53 bits per heavy atom. The number of hydrogen-bond acceptors (Lipinski definition) is 8. The largest absolute Gasteiger partial charge is 0.495 e. The molecule has 0 spiro atoms. The maximum Gasteiger partial charge on any atom is 0.260 e. The van der Waals surface area contributed by atoms with Crippen molar-refractivity contribution in [2.45, 2.75) is 18.9 Å². The molecule has 10 heteroatoms. The van der Waals surface area contributed by atoms with Crippen molar-refractivity contribution in [1.82, 2.24) is 20.2 Å². The molecule has 1 N–H and O–H groups in total. The fourth-order valence-electron chi connectivity index (χ4n) is 5.10. The summed E-state index contributed by atoms with van der Waals surface area (Å²) in [6.07, 6.45) is 3.54. The number of nitrogens with zero attached hydrogens (tertiary/aromatic N) is 6. The molecule has 1 fully saturated rings. The van der Waals surface area contributed by atoms with Crippen LogP contribution < -0.4 is 24.8 Å². The lowest BCUT2D eigenvalue weighted by molar-refractivity contribution is 0.0707. The number of carbonyl (C=O) groups excluding carboxylic acids is 2. The lowest BCUT2D eigenvalue weighted by Gasteiger charge is -2.32. The lowest BCUT2D eigenvalue weighted by Crippen LogP contribution is -2.43. The van der Waals surface area contributed by atoms with Crippen LogP contribution in [0.2, 0.25) is 0 Å². The van der Waals surface area contributed by atoms with E-state index >= 15 is 0 Å². The number of ether oxygens (including phenoxy) is 1. The van der Waals surface area contributed by atoms with E-state index < -0.39 is 0 Å². The summed E-state index contributed by atoms with van der Waals surface area (Å²) in [6, 6.07) is 13.4. The van der Waals surface area contributed by atoms with Crippen LogP contribution in [-0.4, -0.2) is 81.1 Å². The first-order valence-electron chi connectivity index (χ1n) is 12.7. The summed E-state index contributed by atoms with van der Waals surface area (Å²) < 4.78 is 5.69. The third-order valence-electron chi connectivity index (χ3n) is 7.50. The Balaban J connectivity index is 1.45. The van der Waals surface area contributed by atoms with E-state index in [1.165, 1.54) is 0 Å². The van der Waals surface area contributed by atoms with E-state index in [1.54, 1.807) is 31.3 Å². The van der Waals surface area contributed by atoms with Gasteiger partial charge >= 0.3 is 0 Å². The number of aromatic nitrogens is 2. The van der Waals surface area contributed by atoms with Gasteiger partial charge in [-0.25, -0.2) is 4.98 Å². The minimum atomic E-state index is -0.118. The molecule has 0 aliphatic carbocycles. The molecule has 1 aromatic heterocycles. The number of piperidine rings is 1. The first kappa shape index (κ1) is 25.5. The Bertz CT molecular complexity index is 1370. The van der Waals surface area contributed by atoms with Crippen LogP contribution in [0, 0.1) is 0 Å². The van der Waals surface area contributed by atoms with Crippen molar-refractivity contribution in [3.8, 4) is 5.75 Å². The Morgan fingerprint density at radius 2 is 1.82 bits per heavy atom. The van der Waals surface area contributed by atoms with E-state index in [2.05, 4.69) is 10.3 Å². The molecule has 0 atom stereocenters. The molecule has 10 nitrogen and oxygen atoms in total. The van der Waals surface area contributed by atoms with Crippen molar-refractivity contribution < 1.29 is 14.3 Å². The minimum absolute atomic E-state index is 0.00123. The molecule has 2 aliphatic heterocycles. The Hall–Kier alpha value is -4.18. The maximum atomic E-state index is 13.2. The second-order valence-electron chi connectivity index (χ2n) is 9.62. The van der Waals surface area contributed by atoms with Gasteiger partial charge in [0, 0.05) is 45.8 Å². The normalized spacial score (nSPS) is 15.6. The predicted octanol–water partition coefficient (Wildman–Crippen LogP) is 3.44. The van der Waals surface area contributed by atoms with Crippen LogP contribution in [-0.2, 0) is 0 Å². The van der Waals surface area contributed by atoms with Crippen molar-refractivity contribution in [3.63, 3.8) is 0 Å². The molecule has 3 heterocycles. The number of nitrogens with one attached hydrogen (secondary N) is 1. The summed E-state index contributed by atoms with van der Waals surface area (Å²) in [4.78, 5) is 42.9. The van der Waals surface area contributed by atoms with Crippen molar-refractivity contribution in [2.24, 2.45) is 0 Å². The number of carbonyl (C=O) groups is 2. The van der Waals surface area contributed by atoms with Crippen LogP contribution in [0.4, 0.5) is 28.8 Å². The Labute approximate surface area is 222 Å². The Morgan fingerprint density at radius 1 is 1.08 bits per heavy atom. The molecule has 2 amide bonds. The number of likely N-dealkylation sites (tertiary alicyclic amines) is 1. The molecule has 2 aliphatic rings. The lowest BCUT2D eigenvalue weighted by atomic mass is 10.0. The van der Waals surface area contributed by atoms with Gasteiger partial charge in [-0.3, -0.25) is 9.59 Å². The zero-order chi connectivity index (χ0) is 27.0. The smallest absolute Gasteiger partial charge is 0.260 e. The van der Waals surface area contributed by atoms with Gasteiger partial charge in [-0.1, -0.05) is 12.1 Å². The number of amides is 2. The topological polar surface area (TPSA) is 94.1 Å². The standard InChI is InChI=1S/C28H33N7O3/c1-29-19-12-14-35(15-13-19)26(36)18-10-11-22(24(16-18)38-5)34(4)28-30-17-23-25(31-28)32(2)21-9-7-6-8-20(21)27(37)33(23)3/h6-11,16-17,19,29H,12-15H2,1-5H3. The number of rotatable bonds is 5. The number of benzene rings is 2. The molecular formula is C28H33N7O3. The van der Waals surface area contributed by atoms with Crippen LogP contribution in [0.25, 0.3) is 0 Å². The minimum Gasteiger partial charge on any atom is -0.495 e. The summed E-state index contributed by atoms with van der Waals surface area (Å²) in [5.41, 5.74) is 3.29. The van der Waals surface area contributed by atoms with Crippen LogP contribution in [0.5, 0.6) is 5.75 Å². The van der Waals surface area contributed by atoms with Gasteiger partial charge in [-0.15, -0.1) is 0 Å². The summed E-state index contributed by atoms with van der Waals surface area (Å²) in [6.45, 7) is 1.45. The highest BCUT2D eigenvalue weighted by atomic mass is 16.5. The van der Waals surface area contributed by atoms with Crippen molar-refractivity contribution >= 4 is 40.6 Å². The van der Waals surface area contributed by atoms with Crippen molar-refractivity contribution in [3.05, 3.63) is 59.8 Å². The Kier molecular flexibility index (Phi) is 6.90. The molecule has 0 saturated carbocycles. The van der Waals surface area contributed by atoms with Crippen molar-refractivity contribution in [2.75, 3.05) is 63.1 Å². The molecule has 38 heavy (non-hydrogen) atoms. The number of para-hydroxylation sites is 1. The van der Waals surface area contributed by atoms with Gasteiger partial charge in [0.2, 0.25) is 5.95 Å². The van der Waals surface area contributed by atoms with Gasteiger partial charge in [-0.2, -0.15) is 4.98 Å². The van der Waals surface area contributed by atoms with E-state index in [1.807, 2.05) is 72.2 Å². The molecule has 198 valence electrons. The van der Waals surface area contributed by atoms with Gasteiger partial charge in [0.15, 0.2) is 5.82 Å². The fourth-order valence-corrected chi connectivity index (χ4v) is 5.10. The summed E-state index contributed by atoms with van der Waals surface area (Å²) in [5.74, 6) is 1.48. The highest BCUT2D eigenvalue weighted by Gasteiger charge is 2.30. The average Bonchev–Trinajstić information content (AvgIpc) is 3.05. The van der Waals surface area contributed by atoms with Gasteiger partial charge in [0.1, 0.15) is 11.4 Å². The number of hydrogen-bond donors (Lipinski definition) is 1. The summed E-state index contributed by atoms with van der Waals surface area (Å²) >= 11 is 0. The first-order chi connectivity index (χ1) is 18.3. The van der Waals surface area contributed by atoms with E-state index in [0.29, 0.717) is 40.4 Å². The van der Waals surface area contributed by atoms with Crippen LogP contribution in [0.15, 0.2) is 48.7 Å². The van der Waals surface area contributed by atoms with Crippen LogP contribution in [0.1, 0.15) is 33.6 Å². The quantitative estimate of drug-likeness (QED) is 0.553. The molecule has 2 aromatic carbocycles. The highest BCUT2D eigenvalue weighted by Crippen LogP contribution is 2.39. The first-order valence-corrected chi connectivity index (χ1v) is 12.7. The van der Waals surface area contributed by atoms with E-state index in [9.17, 15) is 9.59 Å². The second-order valence-corrected chi connectivity index (χ2v) is 9.62. The molecule has 0 radical (unpaired) electrons. The maximum absolute atomic E-state index is 13.2. The number of fused-ring (bicyclic) bond motifs is 2. The summed E-state index contributed by atoms with van der Waals surface area (Å²) in [7, 11) is 9.02. The zero-order valence-electron chi connectivity index (χ0n) is 22.4. The van der Waals surface area contributed by atoms with Crippen LogP contribution in [0.3, 0.4) is 0 Å². The van der Waals surface area contributed by atoms with Gasteiger partial charge in [-0.05, 0) is 50.2 Å². The van der Waals surface area contributed by atoms with Gasteiger partial charge in [0.25, 0.3) is 11.8 Å². The van der Waals surface area contributed by atoms with Gasteiger partial charge < -0.3 is 29.7 Å². The molecule has 3 aromatic rings. The van der Waals surface area contributed by atoms with Crippen LogP contribution >= 0.6 is 0 Å². The van der Waals surface area contributed by atoms with E-state index in [0.717, 1.165) is 37.3 Å². The average molecular weight is 516 g/mol. The monoisotopic (exact) mass is 515 g/mol. The van der Waals surface area contributed by atoms with E-state index in [-0.39, 0.29) is 11.8 Å². The third-order valence-corrected chi connectivity index (χ3v) is 7.50.